The van der Waals surface area contributed by atoms with Gasteiger partial charge in [0.2, 0.25) is 0 Å². The predicted molar refractivity (Wildman–Crippen MR) is 78.6 cm³/mol. The number of rotatable bonds is 9. The molecule has 1 radical (unpaired) electrons. The zero-order valence-corrected chi connectivity index (χ0v) is 11.9. The van der Waals surface area contributed by atoms with Crippen LogP contribution in [0.4, 0.5) is 0 Å². The van der Waals surface area contributed by atoms with Crippen molar-refractivity contribution in [3.05, 3.63) is 6.92 Å². The van der Waals surface area contributed by atoms with Crippen molar-refractivity contribution < 1.29 is 19.2 Å². The summed E-state index contributed by atoms with van der Waals surface area (Å²) in [5.74, 6) is 0. The summed E-state index contributed by atoms with van der Waals surface area (Å²) in [4.78, 5) is 21.6. The Hall–Kier alpha value is 1.75. The van der Waals surface area contributed by atoms with E-state index in [-0.39, 0.29) is 51.4 Å². The number of hydrogen-bond donors (Lipinski definition) is 3. The van der Waals surface area contributed by atoms with Gasteiger partial charge in [-0.15, -0.1) is 0 Å². The Morgan fingerprint density at radius 2 is 1.11 bits per heavy atom. The minimum absolute atomic E-state index is 0. The van der Waals surface area contributed by atoms with E-state index in [1.165, 1.54) is 57.8 Å². The molecule has 6 heteroatoms. The van der Waals surface area contributed by atoms with E-state index in [0.717, 1.165) is 6.42 Å². The topological polar surface area (TPSA) is 77.8 Å². The van der Waals surface area contributed by atoms with Crippen LogP contribution in [-0.4, -0.2) is 66.1 Å². The van der Waals surface area contributed by atoms with Gasteiger partial charge < -0.3 is 14.7 Å². The molecule has 0 aliphatic rings. The summed E-state index contributed by atoms with van der Waals surface area (Å²) in [6.07, 6.45) is 13.9. The summed E-state index contributed by atoms with van der Waals surface area (Å²) in [7, 11) is -4.64. The van der Waals surface area contributed by atoms with Crippen molar-refractivity contribution in [2.45, 2.75) is 71.1 Å². The Bertz CT molecular complexity index is 167. The third-order valence-corrected chi connectivity index (χ3v) is 2.35. The van der Waals surface area contributed by atoms with Crippen molar-refractivity contribution in [1.82, 2.24) is 0 Å². The maximum atomic E-state index is 8.88. The molecule has 4 nitrogen and oxygen atoms in total. The van der Waals surface area contributed by atoms with Crippen molar-refractivity contribution in [1.29, 1.82) is 0 Å². The second-order valence-electron chi connectivity index (χ2n) is 4.20. The van der Waals surface area contributed by atoms with Gasteiger partial charge in [-0.2, -0.15) is 0 Å². The molecule has 0 saturated heterocycles. The first-order chi connectivity index (χ1) is 7.91. The van der Waals surface area contributed by atoms with Gasteiger partial charge in [0.1, 0.15) is 0 Å². The number of unbranched alkanes of at least 4 members (excludes halogenated alkanes) is 9. The van der Waals surface area contributed by atoms with Crippen LogP contribution in [0.15, 0.2) is 0 Å². The Morgan fingerprint density at radius 3 is 1.39 bits per heavy atom. The third-order valence-electron chi connectivity index (χ3n) is 2.35. The van der Waals surface area contributed by atoms with Crippen LogP contribution in [0, 0.1) is 6.92 Å². The zero-order chi connectivity index (χ0) is 13.6. The molecule has 0 aliphatic heterocycles. The monoisotopic (exact) mass is 307 g/mol. The Morgan fingerprint density at radius 1 is 0.833 bits per heavy atom. The van der Waals surface area contributed by atoms with Crippen LogP contribution < -0.4 is 0 Å². The first kappa shape index (κ1) is 24.7. The molecule has 0 aromatic rings. The Labute approximate surface area is 155 Å². The first-order valence-corrected chi connectivity index (χ1v) is 8.05. The van der Waals surface area contributed by atoms with E-state index < -0.39 is 7.82 Å². The molecule has 0 fully saturated rings. The molecule has 18 heavy (non-hydrogen) atoms. The average molecular weight is 307 g/mol. The molecular weight excluding hydrogens is 278 g/mol. The summed E-state index contributed by atoms with van der Waals surface area (Å²) in [5, 5.41) is 0. The summed E-state index contributed by atoms with van der Waals surface area (Å²) in [6, 6.07) is 0. The van der Waals surface area contributed by atoms with E-state index in [9.17, 15) is 0 Å². The third kappa shape index (κ3) is 43.1. The molecule has 0 heterocycles. The maximum absolute atomic E-state index is 8.88. The molecule has 0 saturated carbocycles. The number of phosphoric acid groups is 1. The molecule has 0 spiro atoms. The van der Waals surface area contributed by atoms with Gasteiger partial charge in [0, 0.05) is 0 Å². The molecule has 0 bridgehead atoms. The molecule has 0 aromatic carbocycles. The van der Waals surface area contributed by atoms with Crippen LogP contribution >= 0.6 is 7.82 Å². The van der Waals surface area contributed by atoms with Crippen LogP contribution in [0.5, 0.6) is 0 Å². The van der Waals surface area contributed by atoms with E-state index >= 15 is 0 Å². The molecule has 0 unspecified atom stereocenters. The van der Waals surface area contributed by atoms with Crippen LogP contribution in [0.25, 0.3) is 0 Å². The van der Waals surface area contributed by atoms with Gasteiger partial charge in [0.05, 0.1) is 0 Å². The van der Waals surface area contributed by atoms with Crippen LogP contribution in [0.2, 0.25) is 0 Å². The summed E-state index contributed by atoms with van der Waals surface area (Å²) < 4.78 is 8.88. The normalized spacial score (nSPS) is 10.3. The molecule has 0 aromatic heterocycles. The van der Waals surface area contributed by atoms with E-state index in [4.69, 9.17) is 19.2 Å². The van der Waals surface area contributed by atoms with Crippen molar-refractivity contribution in [2.75, 3.05) is 0 Å². The fourth-order valence-corrected chi connectivity index (χ4v) is 1.49. The van der Waals surface area contributed by atoms with E-state index in [1.807, 2.05) is 0 Å². The fourth-order valence-electron chi connectivity index (χ4n) is 1.49. The zero-order valence-electron chi connectivity index (χ0n) is 11.0. The van der Waals surface area contributed by atoms with Crippen molar-refractivity contribution in [3.63, 3.8) is 0 Å². The van der Waals surface area contributed by atoms with Gasteiger partial charge in [-0.25, -0.2) is 4.57 Å². The Balaban J connectivity index is -0.000000321. The molecule has 3 N–H and O–H groups in total. The molecule has 0 atom stereocenters. The van der Waals surface area contributed by atoms with Crippen molar-refractivity contribution >= 4 is 59.2 Å². The van der Waals surface area contributed by atoms with Gasteiger partial charge in [-0.1, -0.05) is 78.1 Å². The van der Waals surface area contributed by atoms with Crippen LogP contribution in [0.1, 0.15) is 71.1 Å². The van der Waals surface area contributed by atoms with Crippen LogP contribution in [0.3, 0.4) is 0 Å². The molecular formula is C12H29KO4P. The predicted octanol–water partition coefficient (Wildman–Crippen LogP) is 3.16. The van der Waals surface area contributed by atoms with Gasteiger partial charge in [-0.05, 0) is 0 Å². The summed E-state index contributed by atoms with van der Waals surface area (Å²) in [5.41, 5.74) is 0. The van der Waals surface area contributed by atoms with E-state index in [2.05, 4.69) is 13.8 Å². The van der Waals surface area contributed by atoms with E-state index in [1.54, 1.807) is 0 Å². The van der Waals surface area contributed by atoms with Crippen molar-refractivity contribution in [2.24, 2.45) is 0 Å². The minimum atomic E-state index is -4.64. The Kier molecular flexibility index (Phi) is 25.8. The fraction of sp³-hybridized carbons (Fsp3) is 0.917. The van der Waals surface area contributed by atoms with Gasteiger partial charge >= 0.3 is 59.2 Å². The molecule has 0 rings (SSSR count). The average Bonchev–Trinajstić information content (AvgIpc) is 2.20. The quantitative estimate of drug-likeness (QED) is 0.347. The molecule has 0 amide bonds. The second-order valence-corrected chi connectivity index (χ2v) is 5.22. The van der Waals surface area contributed by atoms with Crippen molar-refractivity contribution in [3.8, 4) is 0 Å². The van der Waals surface area contributed by atoms with E-state index in [0.29, 0.717) is 0 Å². The SMILES string of the molecule is O=P(O)(O)O.[CH2]CCCCCCCCCCC.[KH]. The van der Waals surface area contributed by atoms with Gasteiger partial charge in [0.25, 0.3) is 0 Å². The second kappa shape index (κ2) is 18.7. The summed E-state index contributed by atoms with van der Waals surface area (Å²) >= 11 is 0. The van der Waals surface area contributed by atoms with Gasteiger partial charge in [0.15, 0.2) is 0 Å². The summed E-state index contributed by atoms with van der Waals surface area (Å²) in [6.45, 7) is 6.12. The molecule has 0 aliphatic carbocycles. The molecule has 107 valence electrons. The van der Waals surface area contributed by atoms with Gasteiger partial charge in [-0.3, -0.25) is 0 Å². The first-order valence-electron chi connectivity index (χ1n) is 6.49. The van der Waals surface area contributed by atoms with Crippen LogP contribution in [-0.2, 0) is 4.57 Å². The number of hydrogen-bond acceptors (Lipinski definition) is 1. The standard InChI is InChI=1S/C12H25.K.H3O4P.H/c1-3-5-7-9-11-12-10-8-6-4-2;;1-5(2,3)4;/h1,3-12H2,2H3;;(H3,1,2,3,4);.